The number of rotatable bonds is 2. The SMILES string of the molecule is OC(Cl)(Cl)c1ccc(-c2ccccc2)cc1. The van der Waals surface area contributed by atoms with Crippen LogP contribution in [0.5, 0.6) is 0 Å². The third-order valence-electron chi connectivity index (χ3n) is 2.34. The molecule has 0 aliphatic carbocycles. The van der Waals surface area contributed by atoms with Gasteiger partial charge in [0.1, 0.15) is 0 Å². The summed E-state index contributed by atoms with van der Waals surface area (Å²) in [6.07, 6.45) is 0. The van der Waals surface area contributed by atoms with Gasteiger partial charge >= 0.3 is 0 Å². The van der Waals surface area contributed by atoms with E-state index < -0.39 is 4.52 Å². The first-order valence-corrected chi connectivity index (χ1v) is 5.59. The zero-order valence-electron chi connectivity index (χ0n) is 8.40. The first-order chi connectivity index (χ1) is 7.57. The summed E-state index contributed by atoms with van der Waals surface area (Å²) in [5.74, 6) is 0. The van der Waals surface area contributed by atoms with Crippen molar-refractivity contribution in [3.8, 4) is 11.1 Å². The molecule has 0 aliphatic heterocycles. The highest BCUT2D eigenvalue weighted by atomic mass is 35.5. The molecule has 82 valence electrons. The number of halogens is 2. The van der Waals surface area contributed by atoms with Crippen LogP contribution in [0.25, 0.3) is 11.1 Å². The van der Waals surface area contributed by atoms with Gasteiger partial charge in [0.15, 0.2) is 0 Å². The lowest BCUT2D eigenvalue weighted by Crippen LogP contribution is -2.07. The van der Waals surface area contributed by atoms with Crippen molar-refractivity contribution in [3.63, 3.8) is 0 Å². The molecular weight excluding hydrogens is 243 g/mol. The largest absolute Gasteiger partial charge is 0.359 e. The molecule has 0 heterocycles. The molecule has 0 saturated heterocycles. The first-order valence-electron chi connectivity index (χ1n) is 4.83. The molecule has 0 bridgehead atoms. The fourth-order valence-corrected chi connectivity index (χ4v) is 1.75. The molecule has 3 heteroatoms. The topological polar surface area (TPSA) is 20.2 Å². The van der Waals surface area contributed by atoms with Crippen molar-refractivity contribution in [2.75, 3.05) is 0 Å². The Morgan fingerprint density at radius 3 is 1.75 bits per heavy atom. The summed E-state index contributed by atoms with van der Waals surface area (Å²) in [7, 11) is 0. The summed E-state index contributed by atoms with van der Waals surface area (Å²) < 4.78 is -1.82. The highest BCUT2D eigenvalue weighted by Crippen LogP contribution is 2.31. The molecule has 0 aliphatic rings. The average Bonchev–Trinajstić information content (AvgIpc) is 2.29. The van der Waals surface area contributed by atoms with E-state index in [4.69, 9.17) is 23.2 Å². The smallest absolute Gasteiger partial charge is 0.241 e. The molecule has 0 spiro atoms. The van der Waals surface area contributed by atoms with E-state index in [1.165, 1.54) is 0 Å². The average molecular weight is 253 g/mol. The number of hydrogen-bond acceptors (Lipinski definition) is 1. The number of benzene rings is 2. The van der Waals surface area contributed by atoms with E-state index in [1.807, 2.05) is 42.5 Å². The fraction of sp³-hybridized carbons (Fsp3) is 0.0769. The van der Waals surface area contributed by atoms with E-state index in [0.29, 0.717) is 5.56 Å². The maximum Gasteiger partial charge on any atom is 0.241 e. The number of alkyl halides is 2. The van der Waals surface area contributed by atoms with Gasteiger partial charge in [0.05, 0.1) is 0 Å². The molecule has 1 N–H and O–H groups in total. The molecule has 0 aromatic heterocycles. The van der Waals surface area contributed by atoms with Crippen molar-refractivity contribution in [2.45, 2.75) is 4.52 Å². The van der Waals surface area contributed by atoms with Gasteiger partial charge in [-0.1, -0.05) is 77.8 Å². The zero-order chi connectivity index (χ0) is 11.6. The van der Waals surface area contributed by atoms with Gasteiger partial charge in [-0.2, -0.15) is 0 Å². The minimum Gasteiger partial charge on any atom is -0.359 e. The van der Waals surface area contributed by atoms with E-state index in [0.717, 1.165) is 11.1 Å². The Hall–Kier alpha value is -1.02. The van der Waals surface area contributed by atoms with Crippen LogP contribution in [0.15, 0.2) is 54.6 Å². The first kappa shape index (κ1) is 11.5. The molecule has 0 radical (unpaired) electrons. The van der Waals surface area contributed by atoms with Crippen molar-refractivity contribution in [3.05, 3.63) is 60.2 Å². The van der Waals surface area contributed by atoms with Gasteiger partial charge < -0.3 is 5.11 Å². The number of hydrogen-bond donors (Lipinski definition) is 1. The molecule has 16 heavy (non-hydrogen) atoms. The Labute approximate surface area is 104 Å². The van der Waals surface area contributed by atoms with Crippen LogP contribution in [0, 0.1) is 0 Å². The zero-order valence-corrected chi connectivity index (χ0v) is 9.91. The summed E-state index contributed by atoms with van der Waals surface area (Å²) >= 11 is 11.2. The normalized spacial score (nSPS) is 11.4. The van der Waals surface area contributed by atoms with Crippen LogP contribution in [0.4, 0.5) is 0 Å². The molecule has 0 saturated carbocycles. The fourth-order valence-electron chi connectivity index (χ4n) is 1.49. The van der Waals surface area contributed by atoms with Crippen molar-refractivity contribution < 1.29 is 5.11 Å². The van der Waals surface area contributed by atoms with E-state index >= 15 is 0 Å². The van der Waals surface area contributed by atoms with E-state index in [-0.39, 0.29) is 0 Å². The molecule has 2 rings (SSSR count). The molecule has 0 fully saturated rings. The predicted molar refractivity (Wildman–Crippen MR) is 67.5 cm³/mol. The summed E-state index contributed by atoms with van der Waals surface area (Å²) in [6, 6.07) is 17.1. The minimum atomic E-state index is -1.82. The van der Waals surface area contributed by atoms with Gasteiger partial charge in [-0.15, -0.1) is 0 Å². The Morgan fingerprint density at radius 1 is 0.750 bits per heavy atom. The Balaban J connectivity index is 2.34. The summed E-state index contributed by atoms with van der Waals surface area (Å²) in [4.78, 5) is 0. The van der Waals surface area contributed by atoms with Gasteiger partial charge in [0.25, 0.3) is 0 Å². The third kappa shape index (κ3) is 2.56. The second kappa shape index (κ2) is 4.46. The van der Waals surface area contributed by atoms with Crippen LogP contribution in [0.1, 0.15) is 5.56 Å². The standard InChI is InChI=1S/C13H10Cl2O/c14-13(15,16)12-8-6-11(7-9-12)10-4-2-1-3-5-10/h1-9,16H. The van der Waals surface area contributed by atoms with E-state index in [9.17, 15) is 5.11 Å². The van der Waals surface area contributed by atoms with Crippen LogP contribution < -0.4 is 0 Å². The second-order valence-corrected chi connectivity index (χ2v) is 4.77. The molecule has 0 unspecified atom stereocenters. The van der Waals surface area contributed by atoms with Crippen LogP contribution >= 0.6 is 23.2 Å². The second-order valence-electron chi connectivity index (χ2n) is 3.48. The van der Waals surface area contributed by atoms with Crippen LogP contribution in [0.2, 0.25) is 0 Å². The predicted octanol–water partition coefficient (Wildman–Crippen LogP) is 3.93. The summed E-state index contributed by atoms with van der Waals surface area (Å²) in [5.41, 5.74) is 2.64. The molecule has 1 nitrogen and oxygen atoms in total. The maximum atomic E-state index is 9.38. The Morgan fingerprint density at radius 2 is 1.25 bits per heavy atom. The summed E-state index contributed by atoms with van der Waals surface area (Å²) in [6.45, 7) is 0. The lowest BCUT2D eigenvalue weighted by atomic mass is 10.0. The molecule has 0 amide bonds. The minimum absolute atomic E-state index is 0.468. The molecule has 2 aromatic rings. The van der Waals surface area contributed by atoms with Crippen LogP contribution in [-0.2, 0) is 4.52 Å². The van der Waals surface area contributed by atoms with Gasteiger partial charge in [-0.05, 0) is 11.1 Å². The lowest BCUT2D eigenvalue weighted by Gasteiger charge is -2.12. The highest BCUT2D eigenvalue weighted by Gasteiger charge is 2.21. The summed E-state index contributed by atoms with van der Waals surface area (Å²) in [5, 5.41) is 9.38. The number of aliphatic hydroxyl groups is 1. The van der Waals surface area contributed by atoms with Gasteiger partial charge in [0.2, 0.25) is 4.52 Å². The van der Waals surface area contributed by atoms with Crippen molar-refractivity contribution in [1.82, 2.24) is 0 Å². The Bertz CT molecular complexity index is 458. The lowest BCUT2D eigenvalue weighted by molar-refractivity contribution is 0.218. The van der Waals surface area contributed by atoms with Crippen molar-refractivity contribution in [1.29, 1.82) is 0 Å². The highest BCUT2D eigenvalue weighted by molar-refractivity contribution is 6.46. The van der Waals surface area contributed by atoms with Gasteiger partial charge in [-0.3, -0.25) is 0 Å². The molecule has 0 atom stereocenters. The Kier molecular flexibility index (Phi) is 3.20. The van der Waals surface area contributed by atoms with Crippen LogP contribution in [0.3, 0.4) is 0 Å². The van der Waals surface area contributed by atoms with Gasteiger partial charge in [-0.25, -0.2) is 0 Å². The van der Waals surface area contributed by atoms with Crippen molar-refractivity contribution >= 4 is 23.2 Å². The third-order valence-corrected chi connectivity index (χ3v) is 2.78. The quantitative estimate of drug-likeness (QED) is 0.804. The van der Waals surface area contributed by atoms with Gasteiger partial charge in [0, 0.05) is 5.56 Å². The van der Waals surface area contributed by atoms with Crippen molar-refractivity contribution in [2.24, 2.45) is 0 Å². The monoisotopic (exact) mass is 252 g/mol. The van der Waals surface area contributed by atoms with E-state index in [2.05, 4.69) is 0 Å². The van der Waals surface area contributed by atoms with Crippen LogP contribution in [-0.4, -0.2) is 5.11 Å². The van der Waals surface area contributed by atoms with E-state index in [1.54, 1.807) is 12.1 Å². The molecular formula is C13H10Cl2O. The maximum absolute atomic E-state index is 9.38. The molecule has 2 aromatic carbocycles.